The summed E-state index contributed by atoms with van der Waals surface area (Å²) in [6.07, 6.45) is 7.86. The van der Waals surface area contributed by atoms with Crippen molar-refractivity contribution in [3.05, 3.63) is 0 Å². The number of rotatable bonds is 11. The van der Waals surface area contributed by atoms with Gasteiger partial charge in [-0.15, -0.1) is 0 Å². The van der Waals surface area contributed by atoms with Gasteiger partial charge in [0.05, 0.1) is 0 Å². The van der Waals surface area contributed by atoms with Gasteiger partial charge < -0.3 is 13.3 Å². The highest BCUT2D eigenvalue weighted by Crippen LogP contribution is 2.20. The molecule has 4 heteroatoms. The van der Waals surface area contributed by atoms with Crippen LogP contribution in [0.15, 0.2) is 0 Å². The third-order valence-electron chi connectivity index (χ3n) is 2.87. The van der Waals surface area contributed by atoms with E-state index in [2.05, 4.69) is 6.92 Å². The molecule has 0 saturated carbocycles. The van der Waals surface area contributed by atoms with Crippen LogP contribution >= 0.6 is 0 Å². The van der Waals surface area contributed by atoms with E-state index in [0.717, 1.165) is 12.5 Å². The highest BCUT2D eigenvalue weighted by Gasteiger charge is 2.39. The highest BCUT2D eigenvalue weighted by atomic mass is 28.4. The summed E-state index contributed by atoms with van der Waals surface area (Å²) in [5.41, 5.74) is 0. The second-order valence-corrected chi connectivity index (χ2v) is 7.69. The van der Waals surface area contributed by atoms with E-state index in [9.17, 15) is 0 Å². The molecule has 0 aromatic rings. The Hall–Kier alpha value is 0.0969. The van der Waals surface area contributed by atoms with Crippen molar-refractivity contribution in [1.29, 1.82) is 0 Å². The zero-order chi connectivity index (χ0) is 13.1. The van der Waals surface area contributed by atoms with Crippen molar-refractivity contribution < 1.29 is 13.3 Å². The van der Waals surface area contributed by atoms with Crippen LogP contribution in [0.5, 0.6) is 0 Å². The summed E-state index contributed by atoms with van der Waals surface area (Å²) in [6.45, 7) is 6.30. The van der Waals surface area contributed by atoms with Gasteiger partial charge in [0, 0.05) is 26.4 Å². The molecule has 0 heterocycles. The molecule has 0 aliphatic rings. The molecule has 0 aromatic carbocycles. The Labute approximate surface area is 108 Å². The van der Waals surface area contributed by atoms with E-state index in [4.69, 9.17) is 13.3 Å². The largest absolute Gasteiger partial charge is 0.500 e. The molecular formula is C13H30O3Si. The Balaban J connectivity index is 3.84. The van der Waals surface area contributed by atoms with E-state index >= 15 is 0 Å². The van der Waals surface area contributed by atoms with E-state index in [1.165, 1.54) is 32.1 Å². The van der Waals surface area contributed by atoms with Gasteiger partial charge in [0.1, 0.15) is 0 Å². The summed E-state index contributed by atoms with van der Waals surface area (Å²) < 4.78 is 16.9. The molecule has 0 spiro atoms. The Bertz CT molecular complexity index is 170. The normalized spacial score (nSPS) is 12.4. The smallest absolute Gasteiger partial charge is 0.377 e. The fourth-order valence-electron chi connectivity index (χ4n) is 1.92. The number of hydrogen-bond acceptors (Lipinski definition) is 3. The second kappa shape index (κ2) is 10.1. The molecule has 0 fully saturated rings. The van der Waals surface area contributed by atoms with E-state index < -0.39 is 8.80 Å². The first-order valence-corrected chi connectivity index (χ1v) is 8.81. The third-order valence-corrected chi connectivity index (χ3v) is 5.91. The van der Waals surface area contributed by atoms with E-state index in [0.29, 0.717) is 0 Å². The zero-order valence-electron chi connectivity index (χ0n) is 12.3. The van der Waals surface area contributed by atoms with Gasteiger partial charge >= 0.3 is 8.80 Å². The van der Waals surface area contributed by atoms with E-state index in [1.807, 2.05) is 13.8 Å². The van der Waals surface area contributed by atoms with Gasteiger partial charge in [0.15, 0.2) is 0 Å². The van der Waals surface area contributed by atoms with Gasteiger partial charge in [-0.3, -0.25) is 0 Å². The molecule has 3 nitrogen and oxygen atoms in total. The Morgan fingerprint density at radius 2 is 1.41 bits per heavy atom. The molecule has 0 rings (SSSR count). The molecule has 0 aliphatic carbocycles. The average molecular weight is 262 g/mol. The summed E-state index contributed by atoms with van der Waals surface area (Å²) in [7, 11) is 1.03. The Morgan fingerprint density at radius 1 is 0.882 bits per heavy atom. The summed E-state index contributed by atoms with van der Waals surface area (Å²) in [5.74, 6) is 0. The van der Waals surface area contributed by atoms with E-state index in [-0.39, 0.29) is 6.10 Å². The predicted octanol–water partition coefficient (Wildman–Crippen LogP) is 4.00. The molecule has 0 saturated heterocycles. The molecule has 0 aliphatic heterocycles. The molecular weight excluding hydrogens is 232 g/mol. The van der Waals surface area contributed by atoms with Crippen LogP contribution in [0, 0.1) is 0 Å². The molecule has 0 atom stereocenters. The number of hydrogen-bond donors (Lipinski definition) is 0. The lowest BCUT2D eigenvalue weighted by Gasteiger charge is -2.28. The lowest BCUT2D eigenvalue weighted by Crippen LogP contribution is -2.45. The van der Waals surface area contributed by atoms with Gasteiger partial charge in [-0.05, 0) is 20.3 Å². The maximum Gasteiger partial charge on any atom is 0.500 e. The monoisotopic (exact) mass is 262 g/mol. The lowest BCUT2D eigenvalue weighted by molar-refractivity contribution is 0.0693. The summed E-state index contributed by atoms with van der Waals surface area (Å²) in [4.78, 5) is 0. The molecule has 17 heavy (non-hydrogen) atoms. The van der Waals surface area contributed by atoms with Crippen LogP contribution in [0.2, 0.25) is 6.04 Å². The standard InChI is InChI=1S/C13H30O3Si/c1-6-7-8-9-10-11-12-17(14-4,15-5)16-13(2)3/h13H,6-12H2,1-5H3. The molecule has 0 radical (unpaired) electrons. The van der Waals surface area contributed by atoms with Gasteiger partial charge in [-0.2, -0.15) is 0 Å². The molecule has 0 bridgehead atoms. The van der Waals surface area contributed by atoms with E-state index in [1.54, 1.807) is 14.2 Å². The summed E-state index contributed by atoms with van der Waals surface area (Å²) in [6, 6.07) is 0.935. The van der Waals surface area contributed by atoms with Crippen LogP contribution in [0.1, 0.15) is 59.3 Å². The topological polar surface area (TPSA) is 27.7 Å². The zero-order valence-corrected chi connectivity index (χ0v) is 13.3. The van der Waals surface area contributed by atoms with Crippen molar-refractivity contribution in [3.8, 4) is 0 Å². The summed E-state index contributed by atoms with van der Waals surface area (Å²) >= 11 is 0. The minimum absolute atomic E-state index is 0.168. The Morgan fingerprint density at radius 3 is 1.88 bits per heavy atom. The first-order chi connectivity index (χ1) is 8.10. The van der Waals surface area contributed by atoms with Crippen LogP contribution in [0.3, 0.4) is 0 Å². The second-order valence-electron chi connectivity index (χ2n) is 4.78. The van der Waals surface area contributed by atoms with Gasteiger partial charge in [0.2, 0.25) is 0 Å². The fraction of sp³-hybridized carbons (Fsp3) is 1.00. The predicted molar refractivity (Wildman–Crippen MR) is 74.2 cm³/mol. The highest BCUT2D eigenvalue weighted by molar-refractivity contribution is 6.60. The van der Waals surface area contributed by atoms with Crippen LogP contribution in [0.4, 0.5) is 0 Å². The van der Waals surface area contributed by atoms with Gasteiger partial charge in [-0.1, -0.05) is 39.0 Å². The minimum Gasteiger partial charge on any atom is -0.377 e. The minimum atomic E-state index is -2.38. The number of unbranched alkanes of at least 4 members (excludes halogenated alkanes) is 5. The van der Waals surface area contributed by atoms with Crippen molar-refractivity contribution in [3.63, 3.8) is 0 Å². The van der Waals surface area contributed by atoms with Crippen LogP contribution in [0.25, 0.3) is 0 Å². The molecule has 0 unspecified atom stereocenters. The SMILES string of the molecule is CCCCCCCC[Si](OC)(OC)OC(C)C. The molecule has 0 aromatic heterocycles. The first-order valence-electron chi connectivity index (χ1n) is 6.88. The molecule has 0 amide bonds. The lowest BCUT2D eigenvalue weighted by atomic mass is 10.1. The van der Waals surface area contributed by atoms with Crippen LogP contribution in [-0.4, -0.2) is 29.1 Å². The maximum absolute atomic E-state index is 5.86. The van der Waals surface area contributed by atoms with Crippen LogP contribution < -0.4 is 0 Å². The average Bonchev–Trinajstić information content (AvgIpc) is 2.31. The maximum atomic E-state index is 5.86. The Kier molecular flexibility index (Phi) is 10.1. The van der Waals surface area contributed by atoms with Gasteiger partial charge in [0.25, 0.3) is 0 Å². The van der Waals surface area contributed by atoms with Crippen molar-refractivity contribution in [2.45, 2.75) is 71.4 Å². The quantitative estimate of drug-likeness (QED) is 0.416. The van der Waals surface area contributed by atoms with Crippen molar-refractivity contribution in [2.75, 3.05) is 14.2 Å². The van der Waals surface area contributed by atoms with Gasteiger partial charge in [-0.25, -0.2) is 0 Å². The first kappa shape index (κ1) is 17.1. The van der Waals surface area contributed by atoms with Crippen LogP contribution in [-0.2, 0) is 13.3 Å². The summed E-state index contributed by atoms with van der Waals surface area (Å²) in [5, 5.41) is 0. The molecule has 104 valence electrons. The fourth-order valence-corrected chi connectivity index (χ4v) is 4.21. The van der Waals surface area contributed by atoms with Crippen molar-refractivity contribution in [2.24, 2.45) is 0 Å². The van der Waals surface area contributed by atoms with Crippen molar-refractivity contribution in [1.82, 2.24) is 0 Å². The third kappa shape index (κ3) is 7.92. The van der Waals surface area contributed by atoms with Crippen molar-refractivity contribution >= 4 is 8.80 Å². The molecule has 0 N–H and O–H groups in total.